The second-order valence-corrected chi connectivity index (χ2v) is 4.30. The molecule has 3 rings (SSSR count). The van der Waals surface area contributed by atoms with Crippen LogP contribution in [0.3, 0.4) is 0 Å². The first kappa shape index (κ1) is 11.4. The highest BCUT2D eigenvalue weighted by molar-refractivity contribution is 5.26. The lowest BCUT2D eigenvalue weighted by atomic mass is 10.2. The van der Waals surface area contributed by atoms with E-state index >= 15 is 0 Å². The number of nitrogens with zero attached hydrogens (tertiary/aromatic N) is 2. The minimum atomic E-state index is 0.754. The SMILES string of the molecule is c1ccc(CN2CCO[C]2c2ccncc2)cc1. The van der Waals surface area contributed by atoms with Crippen LogP contribution < -0.4 is 0 Å². The molecule has 0 amide bonds. The van der Waals surface area contributed by atoms with Crippen LogP contribution in [0.4, 0.5) is 0 Å². The smallest absolute Gasteiger partial charge is 0.196 e. The molecule has 0 atom stereocenters. The van der Waals surface area contributed by atoms with Crippen molar-refractivity contribution in [2.75, 3.05) is 13.2 Å². The van der Waals surface area contributed by atoms with Crippen LogP contribution in [0, 0.1) is 6.23 Å². The highest BCUT2D eigenvalue weighted by Gasteiger charge is 2.28. The number of pyridine rings is 1. The van der Waals surface area contributed by atoms with Crippen molar-refractivity contribution in [2.24, 2.45) is 0 Å². The highest BCUT2D eigenvalue weighted by atomic mass is 16.5. The van der Waals surface area contributed by atoms with Crippen LogP contribution in [-0.4, -0.2) is 23.0 Å². The van der Waals surface area contributed by atoms with Crippen LogP contribution in [-0.2, 0) is 11.3 Å². The van der Waals surface area contributed by atoms with Crippen LogP contribution in [0.25, 0.3) is 0 Å². The Morgan fingerprint density at radius 1 is 1.06 bits per heavy atom. The molecule has 0 spiro atoms. The summed E-state index contributed by atoms with van der Waals surface area (Å²) in [6, 6.07) is 14.4. The fraction of sp³-hybridized carbons (Fsp3) is 0.200. The van der Waals surface area contributed by atoms with E-state index in [1.165, 1.54) is 5.56 Å². The number of aromatic nitrogens is 1. The summed E-state index contributed by atoms with van der Waals surface area (Å²) >= 11 is 0. The monoisotopic (exact) mass is 239 g/mol. The lowest BCUT2D eigenvalue weighted by molar-refractivity contribution is 0.163. The van der Waals surface area contributed by atoms with Gasteiger partial charge in [-0.05, 0) is 17.7 Å². The first-order chi connectivity index (χ1) is 8.93. The van der Waals surface area contributed by atoms with Crippen LogP contribution in [0.1, 0.15) is 11.1 Å². The normalized spacial score (nSPS) is 17.1. The summed E-state index contributed by atoms with van der Waals surface area (Å²) in [5.41, 5.74) is 2.40. The van der Waals surface area contributed by atoms with E-state index in [9.17, 15) is 0 Å². The number of benzene rings is 1. The van der Waals surface area contributed by atoms with E-state index < -0.39 is 0 Å². The van der Waals surface area contributed by atoms with Gasteiger partial charge in [0, 0.05) is 31.0 Å². The second kappa shape index (κ2) is 5.29. The van der Waals surface area contributed by atoms with E-state index in [0.717, 1.165) is 31.5 Å². The maximum atomic E-state index is 5.74. The van der Waals surface area contributed by atoms with Crippen LogP contribution in [0.15, 0.2) is 54.9 Å². The Hall–Kier alpha value is -1.71. The predicted molar refractivity (Wildman–Crippen MR) is 69.4 cm³/mol. The Bertz CT molecular complexity index is 486. The van der Waals surface area contributed by atoms with Crippen molar-refractivity contribution in [3.05, 3.63) is 72.2 Å². The van der Waals surface area contributed by atoms with Crippen LogP contribution in [0.2, 0.25) is 0 Å². The number of rotatable bonds is 3. The molecule has 1 aromatic heterocycles. The van der Waals surface area contributed by atoms with E-state index in [4.69, 9.17) is 4.74 Å². The molecule has 1 aliphatic rings. The summed E-state index contributed by atoms with van der Waals surface area (Å²) in [6.45, 7) is 2.58. The number of ether oxygens (including phenoxy) is 1. The molecule has 2 heterocycles. The van der Waals surface area contributed by atoms with Crippen molar-refractivity contribution >= 4 is 0 Å². The largest absolute Gasteiger partial charge is 0.350 e. The topological polar surface area (TPSA) is 25.4 Å². The molecule has 1 saturated heterocycles. The highest BCUT2D eigenvalue weighted by Crippen LogP contribution is 2.26. The van der Waals surface area contributed by atoms with Gasteiger partial charge in [-0.3, -0.25) is 9.88 Å². The van der Waals surface area contributed by atoms with Gasteiger partial charge in [0.1, 0.15) is 0 Å². The number of hydrogen-bond donors (Lipinski definition) is 0. The molecule has 3 heteroatoms. The molecule has 91 valence electrons. The zero-order chi connectivity index (χ0) is 12.2. The molecule has 1 radical (unpaired) electrons. The van der Waals surface area contributed by atoms with Crippen LogP contribution >= 0.6 is 0 Å². The van der Waals surface area contributed by atoms with Gasteiger partial charge in [0.15, 0.2) is 6.23 Å². The molecule has 0 saturated carbocycles. The Morgan fingerprint density at radius 2 is 1.83 bits per heavy atom. The predicted octanol–water partition coefficient (Wildman–Crippen LogP) is 2.45. The van der Waals surface area contributed by atoms with Gasteiger partial charge in [0.2, 0.25) is 0 Å². The van der Waals surface area contributed by atoms with Gasteiger partial charge in [-0.25, -0.2) is 0 Å². The van der Waals surface area contributed by atoms with Crippen molar-refractivity contribution in [3.8, 4) is 0 Å². The average Bonchev–Trinajstić information content (AvgIpc) is 2.89. The molecule has 3 nitrogen and oxygen atoms in total. The Balaban J connectivity index is 1.76. The summed E-state index contributed by atoms with van der Waals surface area (Å²) in [5.74, 6) is 0. The summed E-state index contributed by atoms with van der Waals surface area (Å²) < 4.78 is 5.74. The molecule has 1 aromatic carbocycles. The second-order valence-electron chi connectivity index (χ2n) is 4.30. The standard InChI is InChI=1S/C15H15N2O/c1-2-4-13(5-3-1)12-17-10-11-18-15(17)14-6-8-16-9-7-14/h1-9H,10-12H2. The Kier molecular flexibility index (Phi) is 3.35. The molecule has 1 aliphatic heterocycles. The van der Waals surface area contributed by atoms with Gasteiger partial charge in [-0.1, -0.05) is 30.3 Å². The maximum Gasteiger partial charge on any atom is 0.196 e. The van der Waals surface area contributed by atoms with Gasteiger partial charge < -0.3 is 4.74 Å². The van der Waals surface area contributed by atoms with Crippen molar-refractivity contribution in [3.63, 3.8) is 0 Å². The zero-order valence-electron chi connectivity index (χ0n) is 10.1. The third kappa shape index (κ3) is 2.42. The first-order valence-corrected chi connectivity index (χ1v) is 6.12. The Labute approximate surface area is 107 Å². The quantitative estimate of drug-likeness (QED) is 0.822. The lowest BCUT2D eigenvalue weighted by Gasteiger charge is -2.21. The van der Waals surface area contributed by atoms with E-state index in [2.05, 4.69) is 34.1 Å². The molecule has 2 aromatic rings. The zero-order valence-corrected chi connectivity index (χ0v) is 10.1. The van der Waals surface area contributed by atoms with E-state index in [1.807, 2.05) is 18.2 Å². The average molecular weight is 239 g/mol. The van der Waals surface area contributed by atoms with E-state index in [0.29, 0.717) is 0 Å². The van der Waals surface area contributed by atoms with Gasteiger partial charge in [0.05, 0.1) is 6.61 Å². The molecular weight excluding hydrogens is 224 g/mol. The van der Waals surface area contributed by atoms with Crippen LogP contribution in [0.5, 0.6) is 0 Å². The third-order valence-corrected chi connectivity index (χ3v) is 3.03. The van der Waals surface area contributed by atoms with E-state index in [1.54, 1.807) is 12.4 Å². The van der Waals surface area contributed by atoms with Crippen molar-refractivity contribution in [2.45, 2.75) is 6.54 Å². The van der Waals surface area contributed by atoms with Crippen molar-refractivity contribution in [1.29, 1.82) is 0 Å². The van der Waals surface area contributed by atoms with Gasteiger partial charge >= 0.3 is 0 Å². The molecule has 1 fully saturated rings. The summed E-state index contributed by atoms with van der Waals surface area (Å²) in [5, 5.41) is 0. The fourth-order valence-electron chi connectivity index (χ4n) is 2.16. The van der Waals surface area contributed by atoms with Crippen molar-refractivity contribution < 1.29 is 4.74 Å². The van der Waals surface area contributed by atoms with Crippen molar-refractivity contribution in [1.82, 2.24) is 9.88 Å². The van der Waals surface area contributed by atoms with Gasteiger partial charge in [0.25, 0.3) is 0 Å². The molecule has 0 aliphatic carbocycles. The molecule has 0 unspecified atom stereocenters. The summed E-state index contributed by atoms with van der Waals surface area (Å²) in [4.78, 5) is 6.31. The van der Waals surface area contributed by atoms with Gasteiger partial charge in [-0.2, -0.15) is 0 Å². The minimum absolute atomic E-state index is 0.754. The summed E-state index contributed by atoms with van der Waals surface area (Å²) in [6.07, 6.45) is 4.55. The molecule has 0 N–H and O–H groups in total. The molecule has 0 bridgehead atoms. The summed E-state index contributed by atoms with van der Waals surface area (Å²) in [7, 11) is 0. The van der Waals surface area contributed by atoms with Gasteiger partial charge in [-0.15, -0.1) is 0 Å². The number of hydrogen-bond acceptors (Lipinski definition) is 3. The lowest BCUT2D eigenvalue weighted by Crippen LogP contribution is -2.24. The first-order valence-electron chi connectivity index (χ1n) is 6.12. The maximum absolute atomic E-state index is 5.74. The Morgan fingerprint density at radius 3 is 2.61 bits per heavy atom. The third-order valence-electron chi connectivity index (χ3n) is 3.03. The molecular formula is C15H15N2O. The van der Waals surface area contributed by atoms with E-state index in [-0.39, 0.29) is 0 Å². The minimum Gasteiger partial charge on any atom is -0.350 e. The molecule has 18 heavy (non-hydrogen) atoms. The fourth-order valence-corrected chi connectivity index (χ4v) is 2.16.